The summed E-state index contributed by atoms with van der Waals surface area (Å²) in [6.45, 7) is 2.78. The fourth-order valence-corrected chi connectivity index (χ4v) is 2.78. The van der Waals surface area contributed by atoms with Crippen LogP contribution in [0.2, 0.25) is 0 Å². The van der Waals surface area contributed by atoms with Gasteiger partial charge in [-0.25, -0.2) is 0 Å². The summed E-state index contributed by atoms with van der Waals surface area (Å²) in [7, 11) is 0. The Morgan fingerprint density at radius 2 is 1.76 bits per heavy atom. The van der Waals surface area contributed by atoms with Crippen molar-refractivity contribution in [2.45, 2.75) is 44.9 Å². The van der Waals surface area contributed by atoms with Crippen LogP contribution in [-0.4, -0.2) is 32.2 Å². The largest absolute Gasteiger partial charge is 0.381 e. The quantitative estimate of drug-likeness (QED) is 0.741. The molecule has 1 aliphatic heterocycles. The van der Waals surface area contributed by atoms with E-state index in [1.807, 2.05) is 0 Å². The fraction of sp³-hybridized carbons (Fsp3) is 0.929. The van der Waals surface area contributed by atoms with Crippen molar-refractivity contribution < 1.29 is 14.3 Å². The summed E-state index contributed by atoms with van der Waals surface area (Å²) in [5, 5.41) is 0. The lowest BCUT2D eigenvalue weighted by Gasteiger charge is -2.23. The molecular weight excluding hydrogens is 216 g/mol. The molecule has 3 nitrogen and oxygen atoms in total. The molecule has 0 N–H and O–H groups in total. The Balaban J connectivity index is 1.58. The molecule has 1 heterocycles. The van der Waals surface area contributed by atoms with E-state index < -0.39 is 0 Å². The molecule has 1 saturated carbocycles. The van der Waals surface area contributed by atoms with Crippen LogP contribution in [0.4, 0.5) is 0 Å². The van der Waals surface area contributed by atoms with Gasteiger partial charge in [-0.3, -0.25) is 4.79 Å². The van der Waals surface area contributed by atoms with E-state index in [2.05, 4.69) is 0 Å². The first kappa shape index (κ1) is 13.0. The average Bonchev–Trinajstić information content (AvgIpc) is 2.41. The van der Waals surface area contributed by atoms with E-state index in [-0.39, 0.29) is 0 Å². The van der Waals surface area contributed by atoms with Gasteiger partial charge in [-0.1, -0.05) is 19.3 Å². The molecule has 0 unspecified atom stereocenters. The molecule has 2 fully saturated rings. The van der Waals surface area contributed by atoms with Crippen LogP contribution in [0.1, 0.15) is 44.9 Å². The van der Waals surface area contributed by atoms with Gasteiger partial charge in [-0.2, -0.15) is 0 Å². The molecule has 0 amide bonds. The Kier molecular flexibility index (Phi) is 5.46. The van der Waals surface area contributed by atoms with Crippen molar-refractivity contribution in [3.05, 3.63) is 0 Å². The lowest BCUT2D eigenvalue weighted by atomic mass is 9.86. The minimum atomic E-state index is 0.290. The monoisotopic (exact) mass is 240 g/mol. The van der Waals surface area contributed by atoms with Gasteiger partial charge in [0.15, 0.2) is 5.78 Å². The van der Waals surface area contributed by atoms with Crippen LogP contribution in [0.15, 0.2) is 0 Å². The molecule has 3 heteroatoms. The zero-order valence-electron chi connectivity index (χ0n) is 10.7. The van der Waals surface area contributed by atoms with Gasteiger partial charge in [0.05, 0.1) is 6.61 Å². The van der Waals surface area contributed by atoms with Crippen molar-refractivity contribution in [2.24, 2.45) is 11.8 Å². The van der Waals surface area contributed by atoms with Gasteiger partial charge in [0, 0.05) is 19.1 Å². The summed E-state index contributed by atoms with van der Waals surface area (Å²) in [5.41, 5.74) is 0. The summed E-state index contributed by atoms with van der Waals surface area (Å²) in [6, 6.07) is 0. The Labute approximate surface area is 104 Å². The molecule has 98 valence electrons. The third-order valence-corrected chi connectivity index (χ3v) is 4.00. The number of rotatable bonds is 5. The number of carbonyl (C=O) groups excluding carboxylic acids is 1. The lowest BCUT2D eigenvalue weighted by molar-refractivity contribution is -0.129. The first-order valence-corrected chi connectivity index (χ1v) is 7.04. The second-order valence-corrected chi connectivity index (χ2v) is 5.37. The summed E-state index contributed by atoms with van der Waals surface area (Å²) >= 11 is 0. The third-order valence-electron chi connectivity index (χ3n) is 4.00. The maximum Gasteiger partial charge on any atom is 0.161 e. The average molecular weight is 240 g/mol. The minimum absolute atomic E-state index is 0.290. The number of ether oxygens (including phenoxy) is 2. The summed E-state index contributed by atoms with van der Waals surface area (Å²) < 4.78 is 10.9. The van der Waals surface area contributed by atoms with Crippen LogP contribution in [0.3, 0.4) is 0 Å². The second-order valence-electron chi connectivity index (χ2n) is 5.37. The fourth-order valence-electron chi connectivity index (χ4n) is 2.78. The van der Waals surface area contributed by atoms with Crippen molar-refractivity contribution in [3.8, 4) is 0 Å². The molecule has 0 spiro atoms. The maximum atomic E-state index is 11.9. The predicted molar refractivity (Wildman–Crippen MR) is 65.9 cm³/mol. The molecule has 1 aliphatic carbocycles. The summed E-state index contributed by atoms with van der Waals surface area (Å²) in [5.74, 6) is 1.22. The van der Waals surface area contributed by atoms with E-state index >= 15 is 0 Å². The number of carbonyl (C=O) groups is 1. The van der Waals surface area contributed by atoms with Crippen LogP contribution in [-0.2, 0) is 14.3 Å². The molecule has 0 aromatic carbocycles. The van der Waals surface area contributed by atoms with Crippen molar-refractivity contribution in [3.63, 3.8) is 0 Å². The van der Waals surface area contributed by atoms with Gasteiger partial charge in [-0.05, 0) is 31.6 Å². The number of Topliss-reactive ketones (excluding diaryl/α,β-unsaturated/α-hetero) is 1. The molecule has 1 saturated heterocycles. The molecule has 0 aromatic rings. The summed E-state index contributed by atoms with van der Waals surface area (Å²) in [4.78, 5) is 11.9. The van der Waals surface area contributed by atoms with Gasteiger partial charge in [0.1, 0.15) is 6.61 Å². The Hall–Kier alpha value is -0.410. The normalized spacial score (nSPS) is 23.8. The van der Waals surface area contributed by atoms with Crippen molar-refractivity contribution in [1.29, 1.82) is 0 Å². The number of hydrogen-bond acceptors (Lipinski definition) is 3. The molecule has 0 aromatic heterocycles. The summed E-state index contributed by atoms with van der Waals surface area (Å²) in [6.07, 6.45) is 8.06. The van der Waals surface area contributed by atoms with E-state index in [1.165, 1.54) is 19.3 Å². The minimum Gasteiger partial charge on any atom is -0.381 e. The van der Waals surface area contributed by atoms with Gasteiger partial charge in [-0.15, -0.1) is 0 Å². The topological polar surface area (TPSA) is 35.5 Å². The number of hydrogen-bond donors (Lipinski definition) is 0. The van der Waals surface area contributed by atoms with Crippen LogP contribution >= 0.6 is 0 Å². The molecule has 0 atom stereocenters. The first-order chi connectivity index (χ1) is 8.36. The number of ketones is 1. The standard InChI is InChI=1S/C14H24O3/c15-14(13-4-2-1-3-5-13)11-17-10-12-6-8-16-9-7-12/h12-13H,1-11H2. The van der Waals surface area contributed by atoms with Gasteiger partial charge in [0.2, 0.25) is 0 Å². The first-order valence-electron chi connectivity index (χ1n) is 7.04. The lowest BCUT2D eigenvalue weighted by Crippen LogP contribution is -2.25. The van der Waals surface area contributed by atoms with E-state index in [1.54, 1.807) is 0 Å². The van der Waals surface area contributed by atoms with Crippen molar-refractivity contribution in [1.82, 2.24) is 0 Å². The van der Waals surface area contributed by atoms with Crippen LogP contribution in [0, 0.1) is 11.8 Å². The molecule has 2 aliphatic rings. The van der Waals surface area contributed by atoms with Gasteiger partial charge in [0.25, 0.3) is 0 Å². The highest BCUT2D eigenvalue weighted by Gasteiger charge is 2.21. The van der Waals surface area contributed by atoms with Gasteiger partial charge >= 0.3 is 0 Å². The Bertz CT molecular complexity index is 228. The van der Waals surface area contributed by atoms with Crippen LogP contribution < -0.4 is 0 Å². The van der Waals surface area contributed by atoms with Crippen molar-refractivity contribution >= 4 is 5.78 Å². The second kappa shape index (κ2) is 7.12. The zero-order chi connectivity index (χ0) is 11.9. The highest BCUT2D eigenvalue weighted by atomic mass is 16.5. The smallest absolute Gasteiger partial charge is 0.161 e. The molecule has 2 rings (SSSR count). The van der Waals surface area contributed by atoms with Crippen molar-refractivity contribution in [2.75, 3.05) is 26.4 Å². The Morgan fingerprint density at radius 1 is 1.06 bits per heavy atom. The zero-order valence-corrected chi connectivity index (χ0v) is 10.7. The van der Waals surface area contributed by atoms with E-state index in [0.717, 1.165) is 45.5 Å². The van der Waals surface area contributed by atoms with Crippen LogP contribution in [0.5, 0.6) is 0 Å². The highest BCUT2D eigenvalue weighted by molar-refractivity contribution is 5.82. The van der Waals surface area contributed by atoms with Gasteiger partial charge < -0.3 is 9.47 Å². The van der Waals surface area contributed by atoms with E-state index in [4.69, 9.17) is 9.47 Å². The third kappa shape index (κ3) is 4.40. The maximum absolute atomic E-state index is 11.9. The molecule has 0 radical (unpaired) electrons. The van der Waals surface area contributed by atoms with E-state index in [9.17, 15) is 4.79 Å². The predicted octanol–water partition coefficient (Wildman–Crippen LogP) is 2.58. The SMILES string of the molecule is O=C(COCC1CCOCC1)C1CCCCC1. The van der Waals surface area contributed by atoms with E-state index in [0.29, 0.717) is 24.2 Å². The highest BCUT2D eigenvalue weighted by Crippen LogP contribution is 2.24. The molecular formula is C14H24O3. The van der Waals surface area contributed by atoms with Crippen LogP contribution in [0.25, 0.3) is 0 Å². The molecule has 17 heavy (non-hydrogen) atoms. The molecule has 0 bridgehead atoms. The Morgan fingerprint density at radius 3 is 2.47 bits per heavy atom.